The van der Waals surface area contributed by atoms with Crippen molar-refractivity contribution in [2.75, 3.05) is 5.32 Å². The Balaban J connectivity index is 1.81. The summed E-state index contributed by atoms with van der Waals surface area (Å²) in [6, 6.07) is 14.2. The molecule has 3 aromatic rings. The number of anilines is 1. The van der Waals surface area contributed by atoms with E-state index < -0.39 is 0 Å². The summed E-state index contributed by atoms with van der Waals surface area (Å²) in [4.78, 5) is 8.71. The lowest BCUT2D eigenvalue weighted by Crippen LogP contribution is -2.01. The molecule has 0 aliphatic rings. The van der Waals surface area contributed by atoms with Crippen LogP contribution in [0.15, 0.2) is 59.3 Å². The maximum Gasteiger partial charge on any atom is 0.0717 e. The summed E-state index contributed by atoms with van der Waals surface area (Å²) >= 11 is 3.47. The second-order valence-corrected chi connectivity index (χ2v) is 5.15. The third kappa shape index (κ3) is 2.90. The van der Waals surface area contributed by atoms with Gasteiger partial charge in [-0.15, -0.1) is 0 Å². The highest BCUT2D eigenvalue weighted by Crippen LogP contribution is 2.18. The molecule has 3 rings (SSSR count). The molecular formula is C15H12BrN3. The Bertz CT molecular complexity index is 698. The van der Waals surface area contributed by atoms with Crippen molar-refractivity contribution in [3.05, 3.63) is 65.0 Å². The van der Waals surface area contributed by atoms with Gasteiger partial charge in [-0.05, 0) is 30.3 Å². The molecule has 0 unspecified atom stereocenters. The van der Waals surface area contributed by atoms with Crippen LogP contribution in [-0.4, -0.2) is 9.97 Å². The first-order valence-corrected chi connectivity index (χ1v) is 6.80. The van der Waals surface area contributed by atoms with Gasteiger partial charge in [0, 0.05) is 22.3 Å². The van der Waals surface area contributed by atoms with Gasteiger partial charge in [0.2, 0.25) is 0 Å². The summed E-state index contributed by atoms with van der Waals surface area (Å²) < 4.78 is 1.05. The van der Waals surface area contributed by atoms with E-state index in [-0.39, 0.29) is 0 Å². The molecule has 0 aliphatic carbocycles. The molecule has 0 saturated carbocycles. The number of nitrogens with one attached hydrogen (secondary N) is 1. The van der Waals surface area contributed by atoms with E-state index in [1.165, 1.54) is 0 Å². The second-order valence-electron chi connectivity index (χ2n) is 4.23. The third-order valence-electron chi connectivity index (χ3n) is 2.85. The number of fused-ring (bicyclic) bond motifs is 1. The normalized spacial score (nSPS) is 10.6. The highest BCUT2D eigenvalue weighted by atomic mass is 79.9. The zero-order valence-corrected chi connectivity index (χ0v) is 11.8. The van der Waals surface area contributed by atoms with Gasteiger partial charge in [-0.25, -0.2) is 0 Å². The smallest absolute Gasteiger partial charge is 0.0717 e. The minimum Gasteiger partial charge on any atom is -0.378 e. The van der Waals surface area contributed by atoms with E-state index in [0.29, 0.717) is 6.54 Å². The molecule has 0 bridgehead atoms. The fourth-order valence-corrected chi connectivity index (χ4v) is 2.24. The average Bonchev–Trinajstić information content (AvgIpc) is 2.46. The monoisotopic (exact) mass is 313 g/mol. The zero-order valence-electron chi connectivity index (χ0n) is 10.2. The summed E-state index contributed by atoms with van der Waals surface area (Å²) in [5.41, 5.74) is 3.01. The Morgan fingerprint density at radius 3 is 2.84 bits per heavy atom. The molecule has 1 N–H and O–H groups in total. The minimum atomic E-state index is 0.689. The summed E-state index contributed by atoms with van der Waals surface area (Å²) in [6.45, 7) is 0.689. The van der Waals surface area contributed by atoms with E-state index >= 15 is 0 Å². The van der Waals surface area contributed by atoms with Crippen LogP contribution in [0.2, 0.25) is 0 Å². The maximum absolute atomic E-state index is 4.64. The van der Waals surface area contributed by atoms with E-state index in [1.807, 2.05) is 30.3 Å². The predicted octanol–water partition coefficient (Wildman–Crippen LogP) is 4.00. The van der Waals surface area contributed by atoms with Crippen LogP contribution >= 0.6 is 15.9 Å². The Hall–Kier alpha value is -1.94. The van der Waals surface area contributed by atoms with Crippen molar-refractivity contribution < 1.29 is 0 Å². The summed E-state index contributed by atoms with van der Waals surface area (Å²) in [5, 5.41) is 4.45. The molecule has 0 fully saturated rings. The molecule has 0 spiro atoms. The number of hydrogen-bond acceptors (Lipinski definition) is 3. The molecule has 0 amide bonds. The van der Waals surface area contributed by atoms with E-state index in [9.17, 15) is 0 Å². The number of nitrogens with zero attached hydrogens (tertiary/aromatic N) is 2. The van der Waals surface area contributed by atoms with Gasteiger partial charge in [-0.1, -0.05) is 28.1 Å². The Morgan fingerprint density at radius 1 is 1.11 bits per heavy atom. The first-order valence-electron chi connectivity index (χ1n) is 6.00. The Kier molecular flexibility index (Phi) is 3.42. The van der Waals surface area contributed by atoms with Gasteiger partial charge in [0.25, 0.3) is 0 Å². The lowest BCUT2D eigenvalue weighted by Gasteiger charge is -2.06. The molecule has 3 nitrogen and oxygen atoms in total. The van der Waals surface area contributed by atoms with Crippen LogP contribution in [0.4, 0.5) is 5.69 Å². The van der Waals surface area contributed by atoms with Crippen LogP contribution in [0.1, 0.15) is 5.69 Å². The van der Waals surface area contributed by atoms with Gasteiger partial charge in [-0.3, -0.25) is 9.97 Å². The number of hydrogen-bond donors (Lipinski definition) is 1. The van der Waals surface area contributed by atoms with Crippen molar-refractivity contribution >= 4 is 32.5 Å². The number of halogens is 1. The van der Waals surface area contributed by atoms with E-state index in [2.05, 4.69) is 43.3 Å². The quantitative estimate of drug-likeness (QED) is 0.794. The molecule has 94 valence electrons. The van der Waals surface area contributed by atoms with Crippen molar-refractivity contribution in [2.24, 2.45) is 0 Å². The molecule has 0 radical (unpaired) electrons. The van der Waals surface area contributed by atoms with E-state index in [1.54, 1.807) is 12.4 Å². The molecule has 2 aromatic heterocycles. The molecule has 0 atom stereocenters. The van der Waals surface area contributed by atoms with Crippen molar-refractivity contribution in [1.82, 2.24) is 9.97 Å². The van der Waals surface area contributed by atoms with E-state index in [0.717, 1.165) is 26.8 Å². The molecular weight excluding hydrogens is 302 g/mol. The average molecular weight is 314 g/mol. The van der Waals surface area contributed by atoms with Crippen LogP contribution in [0.25, 0.3) is 10.9 Å². The van der Waals surface area contributed by atoms with Crippen LogP contribution < -0.4 is 5.32 Å². The highest BCUT2D eigenvalue weighted by Gasteiger charge is 1.99. The molecule has 0 aliphatic heterocycles. The lowest BCUT2D eigenvalue weighted by molar-refractivity contribution is 1.06. The van der Waals surface area contributed by atoms with Crippen molar-refractivity contribution in [3.8, 4) is 0 Å². The predicted molar refractivity (Wildman–Crippen MR) is 81.0 cm³/mol. The van der Waals surface area contributed by atoms with Crippen LogP contribution in [0, 0.1) is 0 Å². The summed E-state index contributed by atoms with van der Waals surface area (Å²) in [7, 11) is 0. The topological polar surface area (TPSA) is 37.8 Å². The van der Waals surface area contributed by atoms with Crippen LogP contribution in [0.5, 0.6) is 0 Å². The van der Waals surface area contributed by atoms with Crippen molar-refractivity contribution in [2.45, 2.75) is 6.54 Å². The zero-order chi connectivity index (χ0) is 13.1. The summed E-state index contributed by atoms with van der Waals surface area (Å²) in [5.74, 6) is 0. The van der Waals surface area contributed by atoms with Gasteiger partial charge < -0.3 is 5.32 Å². The van der Waals surface area contributed by atoms with Crippen molar-refractivity contribution in [1.29, 1.82) is 0 Å². The number of pyridine rings is 2. The maximum atomic E-state index is 4.64. The highest BCUT2D eigenvalue weighted by molar-refractivity contribution is 9.10. The van der Waals surface area contributed by atoms with Crippen LogP contribution in [-0.2, 0) is 6.54 Å². The van der Waals surface area contributed by atoms with Gasteiger partial charge in [0.1, 0.15) is 0 Å². The number of benzene rings is 1. The van der Waals surface area contributed by atoms with Gasteiger partial charge in [0.05, 0.1) is 23.4 Å². The Morgan fingerprint density at radius 2 is 2.00 bits per heavy atom. The molecule has 0 saturated heterocycles. The lowest BCUT2D eigenvalue weighted by atomic mass is 10.2. The minimum absolute atomic E-state index is 0.689. The second kappa shape index (κ2) is 5.36. The SMILES string of the molecule is Brc1ccc2ccc(CNc3cccnc3)nc2c1. The Labute approximate surface area is 119 Å². The fourth-order valence-electron chi connectivity index (χ4n) is 1.89. The first-order chi connectivity index (χ1) is 9.31. The largest absolute Gasteiger partial charge is 0.378 e. The number of aromatic nitrogens is 2. The van der Waals surface area contributed by atoms with Gasteiger partial charge in [0.15, 0.2) is 0 Å². The molecule has 2 heterocycles. The number of rotatable bonds is 3. The molecule has 19 heavy (non-hydrogen) atoms. The molecule has 4 heteroatoms. The summed E-state index contributed by atoms with van der Waals surface area (Å²) in [6.07, 6.45) is 3.56. The van der Waals surface area contributed by atoms with Gasteiger partial charge in [-0.2, -0.15) is 0 Å². The van der Waals surface area contributed by atoms with Crippen molar-refractivity contribution in [3.63, 3.8) is 0 Å². The van der Waals surface area contributed by atoms with Crippen LogP contribution in [0.3, 0.4) is 0 Å². The van der Waals surface area contributed by atoms with Gasteiger partial charge >= 0.3 is 0 Å². The third-order valence-corrected chi connectivity index (χ3v) is 3.34. The fraction of sp³-hybridized carbons (Fsp3) is 0.0667. The van der Waals surface area contributed by atoms with E-state index in [4.69, 9.17) is 0 Å². The molecule has 1 aromatic carbocycles. The first kappa shape index (κ1) is 12.1. The standard InChI is InChI=1S/C15H12BrN3/c16-12-5-3-11-4-6-14(19-15(11)8-12)10-18-13-2-1-7-17-9-13/h1-9,18H,10H2.